The molecule has 1 N–H and O–H groups in total. The van der Waals surface area contributed by atoms with E-state index in [2.05, 4.69) is 17.1 Å². The molecule has 180 valence electrons. The summed E-state index contributed by atoms with van der Waals surface area (Å²) in [5, 5.41) is 7.91. The number of rotatable bonds is 7. The van der Waals surface area contributed by atoms with Gasteiger partial charge in [-0.05, 0) is 67.2 Å². The molecule has 2 atom stereocenters. The Labute approximate surface area is 190 Å². The number of hydrogen-bond donors (Lipinski definition) is 1. The van der Waals surface area contributed by atoms with Crippen molar-refractivity contribution in [2.45, 2.75) is 84.5 Å². The summed E-state index contributed by atoms with van der Waals surface area (Å²) < 4.78 is 18.2. The lowest BCUT2D eigenvalue weighted by atomic mass is 9.90. The van der Waals surface area contributed by atoms with Gasteiger partial charge in [-0.15, -0.1) is 0 Å². The molecule has 9 nitrogen and oxygen atoms in total. The second kappa shape index (κ2) is 9.29. The van der Waals surface area contributed by atoms with E-state index < -0.39 is 23.2 Å². The maximum Gasteiger partial charge on any atom is 0.408 e. The van der Waals surface area contributed by atoms with Gasteiger partial charge in [0.2, 0.25) is 0 Å². The Morgan fingerprint density at radius 1 is 1.28 bits per heavy atom. The van der Waals surface area contributed by atoms with Crippen molar-refractivity contribution in [1.29, 1.82) is 0 Å². The van der Waals surface area contributed by atoms with Crippen molar-refractivity contribution in [2.75, 3.05) is 31.3 Å². The van der Waals surface area contributed by atoms with Crippen molar-refractivity contribution in [3.63, 3.8) is 0 Å². The Balaban J connectivity index is 1.97. The van der Waals surface area contributed by atoms with E-state index in [4.69, 9.17) is 19.3 Å². The molecular weight excluding hydrogens is 412 g/mol. The van der Waals surface area contributed by atoms with E-state index in [1.54, 1.807) is 17.7 Å². The molecule has 1 aliphatic heterocycles. The normalized spacial score (nSPS) is 20.6. The lowest BCUT2D eigenvalue weighted by Gasteiger charge is -2.37. The van der Waals surface area contributed by atoms with Crippen LogP contribution in [0.15, 0.2) is 6.07 Å². The van der Waals surface area contributed by atoms with Crippen LogP contribution >= 0.6 is 0 Å². The van der Waals surface area contributed by atoms with E-state index in [1.807, 2.05) is 34.6 Å². The van der Waals surface area contributed by atoms with Gasteiger partial charge in [-0.1, -0.05) is 0 Å². The smallest absolute Gasteiger partial charge is 0.408 e. The molecule has 1 saturated carbocycles. The van der Waals surface area contributed by atoms with E-state index in [0.29, 0.717) is 31.4 Å². The molecule has 3 rings (SSSR count). The summed E-state index contributed by atoms with van der Waals surface area (Å²) in [4.78, 5) is 27.6. The molecular formula is C23H38N4O5. The van der Waals surface area contributed by atoms with Gasteiger partial charge in [0.05, 0.1) is 37.4 Å². The van der Waals surface area contributed by atoms with Gasteiger partial charge in [-0.25, -0.2) is 9.59 Å². The highest BCUT2D eigenvalue weighted by Crippen LogP contribution is 2.46. The van der Waals surface area contributed by atoms with E-state index in [1.165, 1.54) is 0 Å². The van der Waals surface area contributed by atoms with Crippen LogP contribution in [-0.2, 0) is 14.2 Å². The number of ether oxygens (including phenoxy) is 3. The SMILES string of the molecule is CCOC(=O)c1cc(N2CCOC[C@H]2C)nn1C(C1CC1)C(C)(C)NC(=O)OC(C)(C)C. The first-order valence-corrected chi connectivity index (χ1v) is 11.5. The number of nitrogens with one attached hydrogen (secondary N) is 1. The molecule has 0 radical (unpaired) electrons. The molecule has 9 heteroatoms. The summed E-state index contributed by atoms with van der Waals surface area (Å²) in [5.41, 5.74) is -0.905. The van der Waals surface area contributed by atoms with Crippen LogP contribution in [-0.4, -0.2) is 65.4 Å². The van der Waals surface area contributed by atoms with Crippen LogP contribution in [0.25, 0.3) is 0 Å². The monoisotopic (exact) mass is 450 g/mol. The highest BCUT2D eigenvalue weighted by atomic mass is 16.6. The van der Waals surface area contributed by atoms with E-state index >= 15 is 0 Å². The van der Waals surface area contributed by atoms with E-state index in [9.17, 15) is 9.59 Å². The number of aromatic nitrogens is 2. The van der Waals surface area contributed by atoms with Gasteiger partial charge in [0, 0.05) is 12.6 Å². The Bertz CT molecular complexity index is 825. The zero-order valence-corrected chi connectivity index (χ0v) is 20.4. The summed E-state index contributed by atoms with van der Waals surface area (Å²) >= 11 is 0. The van der Waals surface area contributed by atoms with E-state index in [-0.39, 0.29) is 18.7 Å². The fraction of sp³-hybridized carbons (Fsp3) is 0.783. The molecule has 1 aromatic rings. The Morgan fingerprint density at radius 3 is 2.53 bits per heavy atom. The van der Waals surface area contributed by atoms with E-state index in [0.717, 1.165) is 18.7 Å². The molecule has 1 aromatic heterocycles. The minimum Gasteiger partial charge on any atom is -0.461 e. The Kier molecular flexibility index (Phi) is 7.07. The van der Waals surface area contributed by atoms with Crippen molar-refractivity contribution in [2.24, 2.45) is 5.92 Å². The predicted molar refractivity (Wildman–Crippen MR) is 121 cm³/mol. The Hall–Kier alpha value is -2.29. The van der Waals surface area contributed by atoms with Gasteiger partial charge >= 0.3 is 12.1 Å². The lowest BCUT2D eigenvalue weighted by Crippen LogP contribution is -2.52. The zero-order valence-electron chi connectivity index (χ0n) is 20.4. The number of alkyl carbamates (subject to hydrolysis) is 1. The summed E-state index contributed by atoms with van der Waals surface area (Å²) in [6.45, 7) is 15.5. The van der Waals surface area contributed by atoms with Crippen molar-refractivity contribution < 1.29 is 23.8 Å². The average Bonchev–Trinajstić information content (AvgIpc) is 3.38. The number of carbonyl (C=O) groups excluding carboxylic acids is 2. The topological polar surface area (TPSA) is 94.9 Å². The second-order valence-electron chi connectivity index (χ2n) is 10.3. The van der Waals surface area contributed by atoms with Gasteiger partial charge in [0.15, 0.2) is 5.82 Å². The molecule has 0 aromatic carbocycles. The molecule has 2 aliphatic rings. The maximum absolute atomic E-state index is 12.9. The number of esters is 1. The van der Waals surface area contributed by atoms with Gasteiger partial charge in [-0.2, -0.15) is 5.10 Å². The lowest BCUT2D eigenvalue weighted by molar-refractivity contribution is 0.0418. The van der Waals surface area contributed by atoms with Crippen molar-refractivity contribution in [3.05, 3.63) is 11.8 Å². The highest BCUT2D eigenvalue weighted by Gasteiger charge is 2.46. The number of morpholine rings is 1. The van der Waals surface area contributed by atoms with Crippen LogP contribution < -0.4 is 10.2 Å². The number of anilines is 1. The molecule has 0 bridgehead atoms. The third kappa shape index (κ3) is 5.74. The van der Waals surface area contributed by atoms with Gasteiger partial charge in [-0.3, -0.25) is 4.68 Å². The molecule has 32 heavy (non-hydrogen) atoms. The second-order valence-corrected chi connectivity index (χ2v) is 10.3. The fourth-order valence-corrected chi connectivity index (χ4v) is 4.31. The largest absolute Gasteiger partial charge is 0.461 e. The summed E-state index contributed by atoms with van der Waals surface area (Å²) in [6.07, 6.45) is 1.53. The zero-order chi connectivity index (χ0) is 23.7. The molecule has 1 saturated heterocycles. The third-order valence-corrected chi connectivity index (χ3v) is 5.76. The summed E-state index contributed by atoms with van der Waals surface area (Å²) in [6, 6.07) is 1.73. The molecule has 1 unspecified atom stereocenters. The van der Waals surface area contributed by atoms with Crippen LogP contribution in [0, 0.1) is 5.92 Å². The minimum atomic E-state index is -0.704. The fourth-order valence-electron chi connectivity index (χ4n) is 4.31. The third-order valence-electron chi connectivity index (χ3n) is 5.76. The molecule has 1 aliphatic carbocycles. The minimum absolute atomic E-state index is 0.148. The molecule has 2 fully saturated rings. The van der Waals surface area contributed by atoms with Gasteiger partial charge < -0.3 is 24.4 Å². The first-order valence-electron chi connectivity index (χ1n) is 11.5. The number of hydrogen-bond acceptors (Lipinski definition) is 7. The van der Waals surface area contributed by atoms with Crippen molar-refractivity contribution >= 4 is 17.9 Å². The first-order chi connectivity index (χ1) is 14.9. The quantitative estimate of drug-likeness (QED) is 0.635. The first kappa shape index (κ1) is 24.4. The van der Waals surface area contributed by atoms with Crippen molar-refractivity contribution in [1.82, 2.24) is 15.1 Å². The molecule has 1 amide bonds. The van der Waals surface area contributed by atoms with Crippen LogP contribution in [0.3, 0.4) is 0 Å². The number of carbonyl (C=O) groups is 2. The molecule has 0 spiro atoms. The summed E-state index contributed by atoms with van der Waals surface area (Å²) in [5.74, 6) is 0.608. The van der Waals surface area contributed by atoms with Crippen LogP contribution in [0.4, 0.5) is 10.6 Å². The number of nitrogens with zero attached hydrogens (tertiary/aromatic N) is 3. The van der Waals surface area contributed by atoms with Gasteiger partial charge in [0.25, 0.3) is 0 Å². The highest BCUT2D eigenvalue weighted by molar-refractivity contribution is 5.88. The van der Waals surface area contributed by atoms with Crippen LogP contribution in [0.1, 0.15) is 77.8 Å². The summed E-state index contributed by atoms with van der Waals surface area (Å²) in [7, 11) is 0. The van der Waals surface area contributed by atoms with Crippen molar-refractivity contribution in [3.8, 4) is 0 Å². The van der Waals surface area contributed by atoms with Crippen LogP contribution in [0.5, 0.6) is 0 Å². The molecule has 2 heterocycles. The van der Waals surface area contributed by atoms with Crippen LogP contribution in [0.2, 0.25) is 0 Å². The van der Waals surface area contributed by atoms with Gasteiger partial charge in [0.1, 0.15) is 11.3 Å². The maximum atomic E-state index is 12.9. The predicted octanol–water partition coefficient (Wildman–Crippen LogP) is 3.54. The average molecular weight is 451 g/mol. The Morgan fingerprint density at radius 2 is 1.97 bits per heavy atom. The standard InChI is InChI=1S/C23H38N4O5/c1-8-31-20(28)17-13-18(26-11-12-30-14-15(26)2)25-27(17)19(16-9-10-16)23(6,7)24-21(29)32-22(3,4)5/h13,15-16,19H,8-12,14H2,1-7H3,(H,24,29)/t15-,19?/m1/s1. The number of amides is 1.